The predicted molar refractivity (Wildman–Crippen MR) is 81.1 cm³/mol. The van der Waals surface area contributed by atoms with Crippen LogP contribution in [0.2, 0.25) is 10.0 Å². The summed E-state index contributed by atoms with van der Waals surface area (Å²) in [5, 5.41) is 11.8. The third-order valence-electron chi connectivity index (χ3n) is 3.27. The van der Waals surface area contributed by atoms with Crippen LogP contribution in [0, 0.1) is 13.8 Å². The molecule has 0 aliphatic rings. The zero-order valence-corrected chi connectivity index (χ0v) is 12.7. The van der Waals surface area contributed by atoms with Crippen molar-refractivity contribution in [1.82, 2.24) is 0 Å². The fourth-order valence-corrected chi connectivity index (χ4v) is 2.52. The first-order valence-electron chi connectivity index (χ1n) is 6.07. The van der Waals surface area contributed by atoms with Gasteiger partial charge in [-0.2, -0.15) is 0 Å². The van der Waals surface area contributed by atoms with Crippen LogP contribution in [-0.2, 0) is 5.60 Å². The Hall–Kier alpha value is -1.02. The van der Waals surface area contributed by atoms with Gasteiger partial charge in [0.05, 0.1) is 10.0 Å². The molecule has 1 atom stereocenters. The van der Waals surface area contributed by atoms with E-state index in [2.05, 4.69) is 6.07 Å². The Kier molecular flexibility index (Phi) is 3.91. The lowest BCUT2D eigenvalue weighted by molar-refractivity contribution is 0.102. The van der Waals surface area contributed by atoms with Gasteiger partial charge in [-0.25, -0.2) is 0 Å². The second-order valence-corrected chi connectivity index (χ2v) is 5.89. The van der Waals surface area contributed by atoms with Gasteiger partial charge in [0.15, 0.2) is 0 Å². The van der Waals surface area contributed by atoms with Crippen LogP contribution in [0.4, 0.5) is 0 Å². The van der Waals surface area contributed by atoms with Crippen molar-refractivity contribution < 1.29 is 5.11 Å². The minimum absolute atomic E-state index is 0.448. The van der Waals surface area contributed by atoms with Gasteiger partial charge in [0.1, 0.15) is 5.60 Å². The third kappa shape index (κ3) is 2.94. The summed E-state index contributed by atoms with van der Waals surface area (Å²) in [6.45, 7) is 5.80. The topological polar surface area (TPSA) is 20.2 Å². The van der Waals surface area contributed by atoms with Crippen molar-refractivity contribution in [3.63, 3.8) is 0 Å². The summed E-state index contributed by atoms with van der Waals surface area (Å²) < 4.78 is 0. The van der Waals surface area contributed by atoms with Crippen LogP contribution in [0.3, 0.4) is 0 Å². The van der Waals surface area contributed by atoms with Crippen molar-refractivity contribution in [3.8, 4) is 0 Å². The molecule has 0 amide bonds. The van der Waals surface area contributed by atoms with E-state index >= 15 is 0 Å². The first-order valence-corrected chi connectivity index (χ1v) is 6.83. The highest BCUT2D eigenvalue weighted by molar-refractivity contribution is 6.42. The van der Waals surface area contributed by atoms with Crippen LogP contribution in [0.15, 0.2) is 36.4 Å². The van der Waals surface area contributed by atoms with Gasteiger partial charge >= 0.3 is 0 Å². The molecule has 1 N–H and O–H groups in total. The van der Waals surface area contributed by atoms with Crippen LogP contribution in [-0.4, -0.2) is 5.11 Å². The van der Waals surface area contributed by atoms with Crippen LogP contribution in [0.5, 0.6) is 0 Å². The van der Waals surface area contributed by atoms with Gasteiger partial charge < -0.3 is 5.11 Å². The van der Waals surface area contributed by atoms with Gasteiger partial charge in [-0.3, -0.25) is 0 Å². The van der Waals surface area contributed by atoms with Crippen molar-refractivity contribution in [2.75, 3.05) is 0 Å². The summed E-state index contributed by atoms with van der Waals surface area (Å²) in [7, 11) is 0. The maximum Gasteiger partial charge on any atom is 0.112 e. The molecule has 0 fully saturated rings. The molecule has 0 saturated heterocycles. The lowest BCUT2D eigenvalue weighted by Crippen LogP contribution is -2.23. The lowest BCUT2D eigenvalue weighted by Gasteiger charge is -2.26. The monoisotopic (exact) mass is 294 g/mol. The average Bonchev–Trinajstić information content (AvgIpc) is 2.31. The minimum Gasteiger partial charge on any atom is -0.381 e. The second kappa shape index (κ2) is 5.16. The zero-order chi connectivity index (χ0) is 14.2. The highest BCUT2D eigenvalue weighted by atomic mass is 35.5. The highest BCUT2D eigenvalue weighted by Gasteiger charge is 2.26. The van der Waals surface area contributed by atoms with Gasteiger partial charge in [-0.1, -0.05) is 58.6 Å². The summed E-state index contributed by atoms with van der Waals surface area (Å²) in [5.41, 5.74) is 2.73. The summed E-state index contributed by atoms with van der Waals surface area (Å²) in [4.78, 5) is 0. The van der Waals surface area contributed by atoms with E-state index in [0.29, 0.717) is 10.0 Å². The number of hydrogen-bond acceptors (Lipinski definition) is 1. The Balaban J connectivity index is 2.54. The molecule has 2 aromatic carbocycles. The fraction of sp³-hybridized carbons (Fsp3) is 0.250. The molecule has 1 nitrogen and oxygen atoms in total. The summed E-state index contributed by atoms with van der Waals surface area (Å²) in [6, 6.07) is 11.3. The van der Waals surface area contributed by atoms with E-state index in [9.17, 15) is 5.11 Å². The number of hydrogen-bond donors (Lipinski definition) is 1. The smallest absolute Gasteiger partial charge is 0.112 e. The first-order chi connectivity index (χ1) is 8.80. The van der Waals surface area contributed by atoms with Crippen LogP contribution in [0.25, 0.3) is 0 Å². The standard InChI is InChI=1S/C16H16Cl2O/c1-10-6-11(2)8-13(7-10)16(3,19)12-4-5-14(17)15(18)9-12/h4-9,19H,1-3H3. The molecule has 0 bridgehead atoms. The van der Waals surface area contributed by atoms with Crippen molar-refractivity contribution in [1.29, 1.82) is 0 Å². The van der Waals surface area contributed by atoms with E-state index in [1.807, 2.05) is 26.0 Å². The third-order valence-corrected chi connectivity index (χ3v) is 4.00. The molecule has 0 aliphatic carbocycles. The number of benzene rings is 2. The number of aliphatic hydroxyl groups is 1. The first kappa shape index (κ1) is 14.4. The van der Waals surface area contributed by atoms with Gasteiger partial charge in [0.25, 0.3) is 0 Å². The van der Waals surface area contributed by atoms with Gasteiger partial charge in [0.2, 0.25) is 0 Å². The Morgan fingerprint density at radius 2 is 1.42 bits per heavy atom. The Morgan fingerprint density at radius 1 is 0.842 bits per heavy atom. The molecule has 3 heteroatoms. The van der Waals surface area contributed by atoms with Crippen LogP contribution < -0.4 is 0 Å². The van der Waals surface area contributed by atoms with E-state index < -0.39 is 5.60 Å². The summed E-state index contributed by atoms with van der Waals surface area (Å²) >= 11 is 11.9. The quantitative estimate of drug-likeness (QED) is 0.838. The van der Waals surface area contributed by atoms with E-state index in [1.165, 1.54) is 0 Å². The molecule has 100 valence electrons. The Morgan fingerprint density at radius 3 is 1.95 bits per heavy atom. The van der Waals surface area contributed by atoms with Gasteiger partial charge in [-0.05, 0) is 44.0 Å². The normalized spacial score (nSPS) is 14.2. The molecule has 19 heavy (non-hydrogen) atoms. The molecule has 0 aliphatic heterocycles. The Bertz CT molecular complexity index is 598. The molecule has 0 heterocycles. The largest absolute Gasteiger partial charge is 0.381 e. The minimum atomic E-state index is -1.09. The predicted octanol–water partition coefficient (Wildman–Crippen LogP) is 4.87. The van der Waals surface area contributed by atoms with Gasteiger partial charge in [0, 0.05) is 0 Å². The van der Waals surface area contributed by atoms with E-state index in [-0.39, 0.29) is 0 Å². The maximum atomic E-state index is 10.8. The highest BCUT2D eigenvalue weighted by Crippen LogP contribution is 2.33. The number of aryl methyl sites for hydroxylation is 2. The van der Waals surface area contributed by atoms with Crippen molar-refractivity contribution in [2.24, 2.45) is 0 Å². The number of halogens is 2. The van der Waals surface area contributed by atoms with E-state index in [0.717, 1.165) is 22.3 Å². The maximum absolute atomic E-state index is 10.8. The average molecular weight is 295 g/mol. The molecule has 1 unspecified atom stereocenters. The molecular formula is C16H16Cl2O. The molecule has 0 saturated carbocycles. The van der Waals surface area contributed by atoms with Crippen molar-refractivity contribution in [2.45, 2.75) is 26.4 Å². The number of rotatable bonds is 2. The van der Waals surface area contributed by atoms with Crippen LogP contribution in [0.1, 0.15) is 29.2 Å². The van der Waals surface area contributed by atoms with E-state index in [4.69, 9.17) is 23.2 Å². The molecule has 2 aromatic rings. The van der Waals surface area contributed by atoms with Crippen molar-refractivity contribution >= 4 is 23.2 Å². The zero-order valence-electron chi connectivity index (χ0n) is 11.2. The fourth-order valence-electron chi connectivity index (χ4n) is 2.22. The second-order valence-electron chi connectivity index (χ2n) is 5.08. The molecule has 0 aromatic heterocycles. The molecule has 2 rings (SSSR count). The lowest BCUT2D eigenvalue weighted by atomic mass is 9.86. The van der Waals surface area contributed by atoms with E-state index in [1.54, 1.807) is 25.1 Å². The SMILES string of the molecule is Cc1cc(C)cc(C(C)(O)c2ccc(Cl)c(Cl)c2)c1. The summed E-state index contributed by atoms with van der Waals surface area (Å²) in [5.74, 6) is 0. The summed E-state index contributed by atoms with van der Waals surface area (Å²) in [6.07, 6.45) is 0. The molecule has 0 spiro atoms. The van der Waals surface area contributed by atoms with Crippen LogP contribution >= 0.6 is 23.2 Å². The molecule has 0 radical (unpaired) electrons. The molecular weight excluding hydrogens is 279 g/mol. The van der Waals surface area contributed by atoms with Gasteiger partial charge in [-0.15, -0.1) is 0 Å². The van der Waals surface area contributed by atoms with Crippen molar-refractivity contribution in [3.05, 3.63) is 68.7 Å². The Labute approximate surface area is 123 Å².